The predicted molar refractivity (Wildman–Crippen MR) is 103 cm³/mol. The Labute approximate surface area is 160 Å². The second-order valence-electron chi connectivity index (χ2n) is 6.38. The topological polar surface area (TPSA) is 77.8 Å². The van der Waals surface area contributed by atoms with E-state index in [0.717, 1.165) is 11.3 Å². The van der Waals surface area contributed by atoms with Gasteiger partial charge in [0.25, 0.3) is 5.91 Å². The number of para-hydroxylation sites is 2. The first-order valence-corrected chi connectivity index (χ1v) is 8.86. The fourth-order valence-electron chi connectivity index (χ4n) is 3.06. The lowest BCUT2D eigenvalue weighted by atomic mass is 10.1. The Kier molecular flexibility index (Phi) is 3.90. The maximum Gasteiger partial charge on any atom is 0.269 e. The summed E-state index contributed by atoms with van der Waals surface area (Å²) in [6.45, 7) is 0.176. The van der Waals surface area contributed by atoms with Crippen molar-refractivity contribution < 1.29 is 14.3 Å². The molecule has 28 heavy (non-hydrogen) atoms. The van der Waals surface area contributed by atoms with Gasteiger partial charge in [0.15, 0.2) is 11.5 Å². The van der Waals surface area contributed by atoms with Gasteiger partial charge in [-0.25, -0.2) is 9.97 Å². The normalized spacial score (nSPS) is 15.4. The molecule has 0 saturated heterocycles. The molecule has 0 fully saturated rings. The Balaban J connectivity index is 1.29. The lowest BCUT2D eigenvalue weighted by Crippen LogP contribution is -2.40. The summed E-state index contributed by atoms with van der Waals surface area (Å²) in [5.41, 5.74) is 2.44. The summed E-state index contributed by atoms with van der Waals surface area (Å²) in [6.07, 6.45) is 4.83. The molecule has 2 aromatic carbocycles. The number of fused-ring (bicyclic) bond motifs is 2. The highest BCUT2D eigenvalue weighted by Gasteiger charge is 2.27. The Bertz CT molecular complexity index is 1120. The summed E-state index contributed by atoms with van der Waals surface area (Å²) < 4.78 is 13.2. The first-order chi connectivity index (χ1) is 13.8. The summed E-state index contributed by atoms with van der Waals surface area (Å²) in [6, 6.07) is 16.6. The van der Waals surface area contributed by atoms with Crippen LogP contribution in [0.3, 0.4) is 0 Å². The number of carbonyl (C=O) groups excluding carboxylic acids is 1. The van der Waals surface area contributed by atoms with Crippen LogP contribution in [0.15, 0.2) is 73.2 Å². The number of hydrogen-bond donors (Lipinski definition) is 1. The zero-order chi connectivity index (χ0) is 18.9. The van der Waals surface area contributed by atoms with Crippen LogP contribution < -0.4 is 14.8 Å². The molecule has 5 rings (SSSR count). The summed E-state index contributed by atoms with van der Waals surface area (Å²) >= 11 is 0. The zero-order valence-corrected chi connectivity index (χ0v) is 14.8. The number of nitrogens with one attached hydrogen (secondary N) is 1. The predicted octanol–water partition coefficient (Wildman–Crippen LogP) is 3.17. The highest BCUT2D eigenvalue weighted by molar-refractivity contribution is 5.95. The number of amides is 1. The van der Waals surface area contributed by atoms with Crippen molar-refractivity contribution >= 4 is 17.4 Å². The van der Waals surface area contributed by atoms with E-state index in [1.807, 2.05) is 65.3 Å². The van der Waals surface area contributed by atoms with E-state index in [4.69, 9.17) is 9.47 Å². The minimum absolute atomic E-state index is 0.176. The third-order valence-electron chi connectivity index (χ3n) is 4.48. The molecule has 138 valence electrons. The van der Waals surface area contributed by atoms with Crippen LogP contribution >= 0.6 is 0 Å². The van der Waals surface area contributed by atoms with Gasteiger partial charge in [-0.05, 0) is 30.3 Å². The van der Waals surface area contributed by atoms with E-state index in [9.17, 15) is 4.79 Å². The number of carbonyl (C=O) groups is 1. The van der Waals surface area contributed by atoms with Crippen molar-refractivity contribution in [1.82, 2.24) is 14.4 Å². The number of rotatable bonds is 3. The highest BCUT2D eigenvalue weighted by atomic mass is 16.6. The molecule has 1 atom stereocenters. The van der Waals surface area contributed by atoms with Crippen LogP contribution in [0.25, 0.3) is 17.0 Å². The van der Waals surface area contributed by atoms with E-state index >= 15 is 0 Å². The lowest BCUT2D eigenvalue weighted by Gasteiger charge is -2.25. The molecular weight excluding hydrogens is 356 g/mol. The number of imidazole rings is 1. The van der Waals surface area contributed by atoms with Crippen molar-refractivity contribution in [2.45, 2.75) is 6.10 Å². The summed E-state index contributed by atoms with van der Waals surface area (Å²) in [4.78, 5) is 21.2. The fourth-order valence-corrected chi connectivity index (χ4v) is 3.06. The largest absolute Gasteiger partial charge is 0.485 e. The zero-order valence-electron chi connectivity index (χ0n) is 14.8. The van der Waals surface area contributed by atoms with Crippen molar-refractivity contribution in [2.75, 3.05) is 11.9 Å². The SMILES string of the molecule is O=C(Nc1ccc(-c2cn3cccnc3n2)cc1)[C@@H]1COc2ccccc2O1. The number of ether oxygens (including phenoxy) is 2. The monoisotopic (exact) mass is 372 g/mol. The van der Waals surface area contributed by atoms with E-state index in [-0.39, 0.29) is 12.5 Å². The van der Waals surface area contributed by atoms with Crippen LogP contribution in [-0.2, 0) is 4.79 Å². The molecule has 0 unspecified atom stereocenters. The van der Waals surface area contributed by atoms with E-state index in [1.165, 1.54) is 0 Å². The van der Waals surface area contributed by atoms with Gasteiger partial charge in [-0.15, -0.1) is 0 Å². The molecule has 7 nitrogen and oxygen atoms in total. The minimum atomic E-state index is -0.695. The standard InChI is InChI=1S/C21H16N4O3/c26-20(19-13-27-17-4-1-2-5-18(17)28-19)23-15-8-6-14(7-9-15)16-12-25-11-3-10-22-21(25)24-16/h1-12,19H,13H2,(H,23,26)/t19-/m0/s1. The first kappa shape index (κ1) is 16.3. The fraction of sp³-hybridized carbons (Fsp3) is 0.0952. The number of nitrogens with zero attached hydrogens (tertiary/aromatic N) is 3. The summed E-state index contributed by atoms with van der Waals surface area (Å²) in [5.74, 6) is 1.62. The van der Waals surface area contributed by atoms with Gasteiger partial charge in [0.05, 0.1) is 5.69 Å². The van der Waals surface area contributed by atoms with Crippen LogP contribution in [0.5, 0.6) is 11.5 Å². The maximum atomic E-state index is 12.5. The Morgan fingerprint density at radius 2 is 1.89 bits per heavy atom. The highest BCUT2D eigenvalue weighted by Crippen LogP contribution is 2.31. The molecule has 0 aliphatic carbocycles. The lowest BCUT2D eigenvalue weighted by molar-refractivity contribution is -0.125. The smallest absolute Gasteiger partial charge is 0.269 e. The molecule has 1 aliphatic heterocycles. The van der Waals surface area contributed by atoms with Crippen molar-refractivity contribution in [2.24, 2.45) is 0 Å². The molecular formula is C21H16N4O3. The second-order valence-corrected chi connectivity index (χ2v) is 6.38. The Hall–Kier alpha value is -3.87. The van der Waals surface area contributed by atoms with Gasteiger partial charge in [0, 0.05) is 29.8 Å². The van der Waals surface area contributed by atoms with Gasteiger partial charge in [0.1, 0.15) is 6.61 Å². The van der Waals surface area contributed by atoms with Crippen molar-refractivity contribution in [1.29, 1.82) is 0 Å². The van der Waals surface area contributed by atoms with Crippen molar-refractivity contribution in [3.05, 3.63) is 73.2 Å². The van der Waals surface area contributed by atoms with E-state index in [2.05, 4.69) is 15.3 Å². The Morgan fingerprint density at radius 1 is 1.07 bits per heavy atom. The van der Waals surface area contributed by atoms with Crippen LogP contribution in [-0.4, -0.2) is 33.0 Å². The van der Waals surface area contributed by atoms with Crippen LogP contribution in [0.1, 0.15) is 0 Å². The number of hydrogen-bond acceptors (Lipinski definition) is 5. The molecule has 1 aliphatic rings. The minimum Gasteiger partial charge on any atom is -0.485 e. The molecule has 0 spiro atoms. The average Bonchev–Trinajstić information content (AvgIpc) is 3.18. The third-order valence-corrected chi connectivity index (χ3v) is 4.48. The van der Waals surface area contributed by atoms with E-state index in [1.54, 1.807) is 12.3 Å². The van der Waals surface area contributed by atoms with Crippen molar-refractivity contribution in [3.8, 4) is 22.8 Å². The number of anilines is 1. The van der Waals surface area contributed by atoms with Gasteiger partial charge in [0.2, 0.25) is 11.9 Å². The molecule has 1 N–H and O–H groups in total. The molecule has 2 aromatic heterocycles. The first-order valence-electron chi connectivity index (χ1n) is 8.86. The van der Waals surface area contributed by atoms with Gasteiger partial charge < -0.3 is 14.8 Å². The van der Waals surface area contributed by atoms with Crippen LogP contribution in [0.4, 0.5) is 5.69 Å². The van der Waals surface area contributed by atoms with Crippen LogP contribution in [0.2, 0.25) is 0 Å². The third kappa shape index (κ3) is 3.03. The van der Waals surface area contributed by atoms with E-state index in [0.29, 0.717) is 23.0 Å². The maximum absolute atomic E-state index is 12.5. The van der Waals surface area contributed by atoms with Crippen LogP contribution in [0, 0.1) is 0 Å². The molecule has 0 bridgehead atoms. The molecule has 0 saturated carbocycles. The van der Waals surface area contributed by atoms with Crippen molar-refractivity contribution in [3.63, 3.8) is 0 Å². The number of benzene rings is 2. The molecule has 3 heterocycles. The molecule has 4 aromatic rings. The van der Waals surface area contributed by atoms with Gasteiger partial charge in [-0.1, -0.05) is 24.3 Å². The second kappa shape index (κ2) is 6.70. The van der Waals surface area contributed by atoms with E-state index < -0.39 is 6.10 Å². The van der Waals surface area contributed by atoms with Gasteiger partial charge in [-0.3, -0.25) is 9.20 Å². The summed E-state index contributed by atoms with van der Waals surface area (Å²) in [5, 5.41) is 2.87. The molecule has 0 radical (unpaired) electrons. The Morgan fingerprint density at radius 3 is 2.71 bits per heavy atom. The quantitative estimate of drug-likeness (QED) is 0.598. The average molecular weight is 372 g/mol. The van der Waals surface area contributed by atoms with Gasteiger partial charge in [-0.2, -0.15) is 0 Å². The summed E-state index contributed by atoms with van der Waals surface area (Å²) in [7, 11) is 0. The number of aromatic nitrogens is 3. The molecule has 1 amide bonds. The van der Waals surface area contributed by atoms with Gasteiger partial charge >= 0.3 is 0 Å². The molecule has 7 heteroatoms.